The molecule has 23 heavy (non-hydrogen) atoms. The minimum Gasteiger partial charge on any atom is -0.384 e. The van der Waals surface area contributed by atoms with Crippen LogP contribution in [0.1, 0.15) is 11.1 Å². The normalized spacial score (nSPS) is 10.7. The van der Waals surface area contributed by atoms with Gasteiger partial charge in [-0.25, -0.2) is 13.8 Å². The second-order valence-corrected chi connectivity index (χ2v) is 5.12. The number of halogens is 2. The minimum atomic E-state index is -0.907. The van der Waals surface area contributed by atoms with Crippen LogP contribution < -0.4 is 5.73 Å². The van der Waals surface area contributed by atoms with Crippen molar-refractivity contribution in [3.8, 4) is 11.4 Å². The number of aromatic nitrogens is 2. The highest BCUT2D eigenvalue weighted by atomic mass is 19.2. The zero-order chi connectivity index (χ0) is 16.4. The molecule has 0 unspecified atom stereocenters. The lowest BCUT2D eigenvalue weighted by Gasteiger charge is -2.09. The fourth-order valence-electron chi connectivity index (χ4n) is 2.37. The molecule has 0 aliphatic carbocycles. The predicted molar refractivity (Wildman–Crippen MR) is 84.1 cm³/mol. The summed E-state index contributed by atoms with van der Waals surface area (Å²) in [6.07, 6.45) is 3.36. The number of rotatable bonds is 4. The first kappa shape index (κ1) is 14.9. The van der Waals surface area contributed by atoms with Crippen molar-refractivity contribution in [3.63, 3.8) is 0 Å². The molecule has 0 amide bonds. The van der Waals surface area contributed by atoms with E-state index in [2.05, 4.69) is 4.98 Å². The van der Waals surface area contributed by atoms with E-state index in [-0.39, 0.29) is 5.84 Å². The zero-order valence-corrected chi connectivity index (χ0v) is 12.1. The van der Waals surface area contributed by atoms with E-state index in [1.54, 1.807) is 18.5 Å². The van der Waals surface area contributed by atoms with Crippen LogP contribution in [0.4, 0.5) is 8.78 Å². The quantitative estimate of drug-likeness (QED) is 0.574. The van der Waals surface area contributed by atoms with Gasteiger partial charge in [-0.3, -0.25) is 5.41 Å². The lowest BCUT2D eigenvalue weighted by atomic mass is 10.1. The summed E-state index contributed by atoms with van der Waals surface area (Å²) in [6.45, 7) is 0.482. The van der Waals surface area contributed by atoms with Gasteiger partial charge in [0.15, 0.2) is 11.6 Å². The Kier molecular flexibility index (Phi) is 3.89. The third kappa shape index (κ3) is 3.11. The first-order valence-corrected chi connectivity index (χ1v) is 6.94. The number of nitrogen functional groups attached to an aromatic ring is 1. The van der Waals surface area contributed by atoms with E-state index in [0.29, 0.717) is 23.5 Å². The molecule has 0 bridgehead atoms. The topological polar surface area (TPSA) is 67.7 Å². The van der Waals surface area contributed by atoms with E-state index in [9.17, 15) is 8.78 Å². The molecule has 0 radical (unpaired) electrons. The van der Waals surface area contributed by atoms with Gasteiger partial charge in [-0.05, 0) is 29.8 Å². The average Bonchev–Trinajstić information content (AvgIpc) is 2.98. The second-order valence-electron chi connectivity index (χ2n) is 5.12. The maximum atomic E-state index is 13.4. The average molecular weight is 312 g/mol. The Morgan fingerprint density at radius 2 is 1.96 bits per heavy atom. The van der Waals surface area contributed by atoms with Gasteiger partial charge in [0.25, 0.3) is 0 Å². The molecule has 1 heterocycles. The summed E-state index contributed by atoms with van der Waals surface area (Å²) in [4.78, 5) is 4.22. The molecular weight excluding hydrogens is 298 g/mol. The Morgan fingerprint density at radius 1 is 1.13 bits per heavy atom. The Morgan fingerprint density at radius 3 is 2.70 bits per heavy atom. The van der Waals surface area contributed by atoms with Crippen molar-refractivity contribution in [2.24, 2.45) is 5.73 Å². The fourth-order valence-corrected chi connectivity index (χ4v) is 2.37. The monoisotopic (exact) mass is 312 g/mol. The molecule has 0 atom stereocenters. The van der Waals surface area contributed by atoms with Gasteiger partial charge < -0.3 is 10.3 Å². The molecule has 3 aromatic rings. The SMILES string of the molecule is N=C(N)c1cccc(Cn2ccnc2-c2ccc(F)c(F)c2)c1. The van der Waals surface area contributed by atoms with Crippen LogP contribution >= 0.6 is 0 Å². The Hall–Kier alpha value is -3.02. The van der Waals surface area contributed by atoms with Crippen molar-refractivity contribution in [1.82, 2.24) is 9.55 Å². The van der Waals surface area contributed by atoms with Gasteiger partial charge in [-0.2, -0.15) is 0 Å². The molecule has 3 rings (SSSR count). The van der Waals surface area contributed by atoms with Crippen LogP contribution in [0.3, 0.4) is 0 Å². The van der Waals surface area contributed by atoms with E-state index < -0.39 is 11.6 Å². The number of nitrogens with one attached hydrogen (secondary N) is 1. The Balaban J connectivity index is 1.93. The molecule has 116 valence electrons. The molecule has 1 aromatic heterocycles. The van der Waals surface area contributed by atoms with Crippen LogP contribution in [0.25, 0.3) is 11.4 Å². The largest absolute Gasteiger partial charge is 0.384 e. The second kappa shape index (κ2) is 6.00. The third-order valence-electron chi connectivity index (χ3n) is 3.48. The number of hydrogen-bond donors (Lipinski definition) is 2. The van der Waals surface area contributed by atoms with Crippen molar-refractivity contribution < 1.29 is 8.78 Å². The highest BCUT2D eigenvalue weighted by molar-refractivity contribution is 5.95. The first-order valence-electron chi connectivity index (χ1n) is 6.94. The van der Waals surface area contributed by atoms with E-state index in [0.717, 1.165) is 17.7 Å². The maximum absolute atomic E-state index is 13.4. The molecule has 2 aromatic carbocycles. The molecule has 0 saturated carbocycles. The van der Waals surface area contributed by atoms with Gasteiger partial charge in [0.05, 0.1) is 0 Å². The van der Waals surface area contributed by atoms with Crippen molar-refractivity contribution in [2.75, 3.05) is 0 Å². The molecule has 6 heteroatoms. The van der Waals surface area contributed by atoms with Crippen molar-refractivity contribution in [2.45, 2.75) is 6.54 Å². The number of hydrogen-bond acceptors (Lipinski definition) is 2. The lowest BCUT2D eigenvalue weighted by Crippen LogP contribution is -2.11. The number of benzene rings is 2. The number of imidazole rings is 1. The summed E-state index contributed by atoms with van der Waals surface area (Å²) in [5, 5.41) is 7.48. The van der Waals surface area contributed by atoms with Gasteiger partial charge in [-0.15, -0.1) is 0 Å². The van der Waals surface area contributed by atoms with E-state index >= 15 is 0 Å². The van der Waals surface area contributed by atoms with E-state index in [1.807, 2.05) is 22.8 Å². The van der Waals surface area contributed by atoms with Gasteiger partial charge in [0.2, 0.25) is 0 Å². The van der Waals surface area contributed by atoms with Crippen LogP contribution in [0.5, 0.6) is 0 Å². The predicted octanol–water partition coefficient (Wildman–Crippen LogP) is 3.16. The van der Waals surface area contributed by atoms with Crippen LogP contribution in [0.2, 0.25) is 0 Å². The van der Waals surface area contributed by atoms with Gasteiger partial charge in [-0.1, -0.05) is 18.2 Å². The van der Waals surface area contributed by atoms with Crippen molar-refractivity contribution in [1.29, 1.82) is 5.41 Å². The lowest BCUT2D eigenvalue weighted by molar-refractivity contribution is 0.509. The summed E-state index contributed by atoms with van der Waals surface area (Å²) >= 11 is 0. The number of amidine groups is 1. The van der Waals surface area contributed by atoms with E-state index in [1.165, 1.54) is 6.07 Å². The molecule has 3 N–H and O–H groups in total. The molecule has 0 spiro atoms. The molecule has 0 aliphatic heterocycles. The Labute approximate surface area is 131 Å². The van der Waals surface area contributed by atoms with Crippen molar-refractivity contribution >= 4 is 5.84 Å². The molecule has 0 aliphatic rings. The van der Waals surface area contributed by atoms with Crippen LogP contribution in [-0.2, 0) is 6.54 Å². The van der Waals surface area contributed by atoms with Gasteiger partial charge in [0, 0.05) is 30.1 Å². The first-order chi connectivity index (χ1) is 11.0. The Bertz CT molecular complexity index is 871. The molecular formula is C17H14F2N4. The minimum absolute atomic E-state index is 0.00156. The summed E-state index contributed by atoms with van der Waals surface area (Å²) in [6, 6.07) is 11.0. The van der Waals surface area contributed by atoms with E-state index in [4.69, 9.17) is 11.1 Å². The highest BCUT2D eigenvalue weighted by Gasteiger charge is 2.10. The summed E-state index contributed by atoms with van der Waals surface area (Å²) in [5.41, 5.74) is 7.56. The summed E-state index contributed by atoms with van der Waals surface area (Å²) in [7, 11) is 0. The molecule has 4 nitrogen and oxygen atoms in total. The summed E-state index contributed by atoms with van der Waals surface area (Å²) in [5.74, 6) is -1.26. The fraction of sp³-hybridized carbons (Fsp3) is 0.0588. The van der Waals surface area contributed by atoms with Gasteiger partial charge in [0.1, 0.15) is 11.7 Å². The van der Waals surface area contributed by atoms with Gasteiger partial charge >= 0.3 is 0 Å². The van der Waals surface area contributed by atoms with Crippen LogP contribution in [-0.4, -0.2) is 15.4 Å². The third-order valence-corrected chi connectivity index (χ3v) is 3.48. The smallest absolute Gasteiger partial charge is 0.159 e. The molecule has 0 fully saturated rings. The highest BCUT2D eigenvalue weighted by Crippen LogP contribution is 2.21. The van der Waals surface area contributed by atoms with Crippen molar-refractivity contribution in [3.05, 3.63) is 77.6 Å². The molecule has 0 saturated heterocycles. The number of nitrogens with zero attached hydrogens (tertiary/aromatic N) is 2. The number of nitrogens with two attached hydrogens (primary N) is 1. The van der Waals surface area contributed by atoms with Crippen LogP contribution in [0, 0.1) is 17.0 Å². The van der Waals surface area contributed by atoms with Crippen LogP contribution in [0.15, 0.2) is 54.9 Å². The standard InChI is InChI=1S/C17H14F2N4/c18-14-5-4-13(9-15(14)19)17-22-6-7-23(17)10-11-2-1-3-12(8-11)16(20)21/h1-9H,10H2,(H3,20,21). The summed E-state index contributed by atoms with van der Waals surface area (Å²) < 4.78 is 28.3. The zero-order valence-electron chi connectivity index (χ0n) is 12.1. The maximum Gasteiger partial charge on any atom is 0.159 e.